The number of aromatic nitrogens is 3. The summed E-state index contributed by atoms with van der Waals surface area (Å²) >= 11 is 0. The average molecular weight is 335 g/mol. The fourth-order valence-electron chi connectivity index (χ4n) is 2.81. The van der Waals surface area contributed by atoms with E-state index in [1.807, 2.05) is 30.3 Å². The van der Waals surface area contributed by atoms with E-state index in [0.717, 1.165) is 5.56 Å². The van der Waals surface area contributed by atoms with Crippen molar-refractivity contribution in [2.24, 2.45) is 0 Å². The molecule has 0 bridgehead atoms. The number of carbonyl (C=O) groups excluding carboxylic acids is 1. The number of benzene rings is 1. The third-order valence-corrected chi connectivity index (χ3v) is 4.14. The second kappa shape index (κ2) is 6.72. The lowest BCUT2D eigenvalue weighted by molar-refractivity contribution is 0.0715. The highest BCUT2D eigenvalue weighted by Gasteiger charge is 2.25. The first-order chi connectivity index (χ1) is 12.3. The summed E-state index contributed by atoms with van der Waals surface area (Å²) in [6, 6.07) is 11.3. The van der Waals surface area contributed by atoms with Crippen molar-refractivity contribution in [3.8, 4) is 11.5 Å². The predicted octanol–water partition coefficient (Wildman–Crippen LogP) is 2.09. The Kier molecular flexibility index (Phi) is 4.12. The monoisotopic (exact) mass is 335 g/mol. The van der Waals surface area contributed by atoms with Crippen LogP contribution >= 0.6 is 0 Å². The number of anilines is 1. The molecule has 3 aromatic rings. The van der Waals surface area contributed by atoms with Crippen molar-refractivity contribution in [3.05, 3.63) is 60.7 Å². The molecule has 1 aliphatic rings. The Morgan fingerprint density at radius 2 is 1.64 bits per heavy atom. The zero-order valence-electron chi connectivity index (χ0n) is 13.6. The van der Waals surface area contributed by atoms with Crippen molar-refractivity contribution in [3.63, 3.8) is 0 Å². The van der Waals surface area contributed by atoms with E-state index in [2.05, 4.69) is 19.9 Å². The molecule has 0 unspecified atom stereocenters. The van der Waals surface area contributed by atoms with E-state index in [0.29, 0.717) is 38.0 Å². The Bertz CT molecular complexity index is 842. The molecule has 0 aliphatic carbocycles. The minimum atomic E-state index is -0.136. The molecule has 1 fully saturated rings. The third-order valence-electron chi connectivity index (χ3n) is 4.14. The van der Waals surface area contributed by atoms with Gasteiger partial charge in [-0.25, -0.2) is 15.0 Å². The minimum absolute atomic E-state index is 0.136. The number of amides is 1. The summed E-state index contributed by atoms with van der Waals surface area (Å²) < 4.78 is 5.66. The van der Waals surface area contributed by atoms with Gasteiger partial charge < -0.3 is 14.2 Å². The maximum absolute atomic E-state index is 12.6. The molecular formula is C18H17N5O2. The molecule has 0 saturated carbocycles. The molecule has 1 saturated heterocycles. The van der Waals surface area contributed by atoms with Crippen molar-refractivity contribution in [2.75, 3.05) is 31.1 Å². The second-order valence-corrected chi connectivity index (χ2v) is 5.72. The smallest absolute Gasteiger partial charge is 0.291 e. The Hall–Kier alpha value is -3.22. The lowest BCUT2D eigenvalue weighted by Gasteiger charge is -2.34. The van der Waals surface area contributed by atoms with E-state index in [1.165, 1.54) is 6.20 Å². The van der Waals surface area contributed by atoms with Crippen molar-refractivity contribution in [1.29, 1.82) is 0 Å². The Labute approximate surface area is 144 Å². The van der Waals surface area contributed by atoms with E-state index in [1.54, 1.807) is 23.4 Å². The van der Waals surface area contributed by atoms with Crippen LogP contribution in [0.3, 0.4) is 0 Å². The Morgan fingerprint density at radius 3 is 2.36 bits per heavy atom. The highest BCUT2D eigenvalue weighted by Crippen LogP contribution is 2.20. The zero-order chi connectivity index (χ0) is 17.1. The number of oxazole rings is 1. The minimum Gasteiger partial charge on any atom is -0.431 e. The molecule has 0 N–H and O–H groups in total. The average Bonchev–Trinajstić information content (AvgIpc) is 3.19. The highest BCUT2D eigenvalue weighted by atomic mass is 16.4. The largest absolute Gasteiger partial charge is 0.431 e. The fourth-order valence-corrected chi connectivity index (χ4v) is 2.81. The molecule has 2 aromatic heterocycles. The molecular weight excluding hydrogens is 318 g/mol. The van der Waals surface area contributed by atoms with Crippen molar-refractivity contribution >= 4 is 11.9 Å². The van der Waals surface area contributed by atoms with Gasteiger partial charge in [-0.3, -0.25) is 4.79 Å². The van der Waals surface area contributed by atoms with E-state index in [-0.39, 0.29) is 11.7 Å². The number of rotatable bonds is 3. The maximum atomic E-state index is 12.6. The lowest BCUT2D eigenvalue weighted by Crippen LogP contribution is -2.49. The summed E-state index contributed by atoms with van der Waals surface area (Å²) in [5.41, 5.74) is 0.854. The summed E-state index contributed by atoms with van der Waals surface area (Å²) in [6.07, 6.45) is 4.94. The van der Waals surface area contributed by atoms with Crippen LogP contribution in [0, 0.1) is 0 Å². The molecule has 126 valence electrons. The first kappa shape index (κ1) is 15.3. The van der Waals surface area contributed by atoms with Crippen LogP contribution in [-0.2, 0) is 0 Å². The fraction of sp³-hybridized carbons (Fsp3) is 0.222. The van der Waals surface area contributed by atoms with Gasteiger partial charge in [-0.15, -0.1) is 0 Å². The molecule has 4 rings (SSSR count). The number of carbonyl (C=O) groups is 1. The highest BCUT2D eigenvalue weighted by molar-refractivity contribution is 5.91. The van der Waals surface area contributed by atoms with Crippen LogP contribution in [0.4, 0.5) is 5.95 Å². The number of piperazine rings is 1. The molecule has 7 heteroatoms. The van der Waals surface area contributed by atoms with Crippen LogP contribution in [0.5, 0.6) is 0 Å². The van der Waals surface area contributed by atoms with Crippen LogP contribution < -0.4 is 4.90 Å². The normalized spacial score (nSPS) is 14.6. The first-order valence-corrected chi connectivity index (χ1v) is 8.14. The van der Waals surface area contributed by atoms with Gasteiger partial charge in [0.1, 0.15) is 0 Å². The van der Waals surface area contributed by atoms with Crippen LogP contribution in [0.15, 0.2) is 59.4 Å². The molecule has 1 aliphatic heterocycles. The molecule has 1 amide bonds. The van der Waals surface area contributed by atoms with E-state index >= 15 is 0 Å². The van der Waals surface area contributed by atoms with Crippen molar-refractivity contribution in [2.45, 2.75) is 0 Å². The third kappa shape index (κ3) is 3.21. The molecule has 0 spiro atoms. The quantitative estimate of drug-likeness (QED) is 0.729. The van der Waals surface area contributed by atoms with E-state index < -0.39 is 0 Å². The van der Waals surface area contributed by atoms with Gasteiger partial charge in [0.15, 0.2) is 0 Å². The molecule has 0 atom stereocenters. The Balaban J connectivity index is 1.42. The maximum Gasteiger partial charge on any atom is 0.291 e. The van der Waals surface area contributed by atoms with Crippen LogP contribution in [0.2, 0.25) is 0 Å². The van der Waals surface area contributed by atoms with Gasteiger partial charge in [-0.2, -0.15) is 0 Å². The zero-order valence-corrected chi connectivity index (χ0v) is 13.6. The van der Waals surface area contributed by atoms with Gasteiger partial charge in [0.25, 0.3) is 5.91 Å². The standard InChI is InChI=1S/C18H17N5O2/c24-17(15-13-21-16(25-15)14-5-2-1-3-6-14)22-9-11-23(12-10-22)18-19-7-4-8-20-18/h1-8,13H,9-12H2. The summed E-state index contributed by atoms with van der Waals surface area (Å²) in [5, 5.41) is 0. The summed E-state index contributed by atoms with van der Waals surface area (Å²) in [7, 11) is 0. The predicted molar refractivity (Wildman–Crippen MR) is 92.1 cm³/mol. The molecule has 7 nitrogen and oxygen atoms in total. The van der Waals surface area contributed by atoms with Gasteiger partial charge in [0.05, 0.1) is 6.20 Å². The first-order valence-electron chi connectivity index (χ1n) is 8.14. The summed E-state index contributed by atoms with van der Waals surface area (Å²) in [5.74, 6) is 1.28. The van der Waals surface area contributed by atoms with E-state index in [9.17, 15) is 4.79 Å². The molecule has 25 heavy (non-hydrogen) atoms. The van der Waals surface area contributed by atoms with Crippen LogP contribution in [0.1, 0.15) is 10.6 Å². The van der Waals surface area contributed by atoms with E-state index in [4.69, 9.17) is 4.42 Å². The van der Waals surface area contributed by atoms with Gasteiger partial charge in [0.2, 0.25) is 17.6 Å². The van der Waals surface area contributed by atoms with Crippen LogP contribution in [-0.4, -0.2) is 51.9 Å². The number of hydrogen-bond donors (Lipinski definition) is 0. The van der Waals surface area contributed by atoms with Gasteiger partial charge in [-0.05, 0) is 18.2 Å². The van der Waals surface area contributed by atoms with Gasteiger partial charge >= 0.3 is 0 Å². The second-order valence-electron chi connectivity index (χ2n) is 5.72. The number of hydrogen-bond acceptors (Lipinski definition) is 6. The molecule has 1 aromatic carbocycles. The van der Waals surface area contributed by atoms with Crippen molar-refractivity contribution < 1.29 is 9.21 Å². The van der Waals surface area contributed by atoms with Crippen molar-refractivity contribution in [1.82, 2.24) is 19.9 Å². The summed E-state index contributed by atoms with van der Waals surface area (Å²) in [4.78, 5) is 29.2. The van der Waals surface area contributed by atoms with Gasteiger partial charge in [-0.1, -0.05) is 18.2 Å². The Morgan fingerprint density at radius 1 is 0.920 bits per heavy atom. The lowest BCUT2D eigenvalue weighted by atomic mass is 10.2. The van der Waals surface area contributed by atoms with Gasteiger partial charge in [0, 0.05) is 44.1 Å². The molecule has 3 heterocycles. The topological polar surface area (TPSA) is 75.4 Å². The SMILES string of the molecule is O=C(c1cnc(-c2ccccc2)o1)N1CCN(c2ncccn2)CC1. The number of nitrogens with zero attached hydrogens (tertiary/aromatic N) is 5. The summed E-state index contributed by atoms with van der Waals surface area (Å²) in [6.45, 7) is 2.57. The molecule has 0 radical (unpaired) electrons. The van der Waals surface area contributed by atoms with Crippen LogP contribution in [0.25, 0.3) is 11.5 Å².